The fourth-order valence-electron chi connectivity index (χ4n) is 5.00. The van der Waals surface area contributed by atoms with Crippen LogP contribution in [0.25, 0.3) is 10.9 Å². The molecule has 2 heterocycles. The maximum absolute atomic E-state index is 13.3. The fraction of sp³-hybridized carbons (Fsp3) is 0.419. The molecule has 41 heavy (non-hydrogen) atoms. The van der Waals surface area contributed by atoms with Crippen LogP contribution in [-0.2, 0) is 30.3 Å². The van der Waals surface area contributed by atoms with Crippen molar-refractivity contribution in [3.05, 3.63) is 83.5 Å². The molecule has 1 aromatic heterocycles. The normalized spacial score (nSPS) is 18.6. The van der Waals surface area contributed by atoms with E-state index in [1.165, 1.54) is 19.1 Å². The van der Waals surface area contributed by atoms with Gasteiger partial charge in [0.2, 0.25) is 12.2 Å². The van der Waals surface area contributed by atoms with Crippen molar-refractivity contribution >= 4 is 22.7 Å². The smallest absolute Gasteiger partial charge is 0.286 e. The number of rotatable bonds is 14. The number of hydrogen-bond donors (Lipinski definition) is 2. The first kappa shape index (κ1) is 30.4. The topological polar surface area (TPSA) is 108 Å². The van der Waals surface area contributed by atoms with Gasteiger partial charge >= 0.3 is 0 Å². The number of amides is 1. The molecule has 4 rings (SSSR count). The van der Waals surface area contributed by atoms with Crippen molar-refractivity contribution in [1.29, 1.82) is 0 Å². The zero-order chi connectivity index (χ0) is 29.2. The van der Waals surface area contributed by atoms with Crippen molar-refractivity contribution in [2.45, 2.75) is 39.0 Å². The highest BCUT2D eigenvalue weighted by atomic mass is 19.1. The van der Waals surface area contributed by atoms with Crippen LogP contribution in [0.5, 0.6) is 0 Å². The van der Waals surface area contributed by atoms with Gasteiger partial charge in [-0.2, -0.15) is 0 Å². The highest BCUT2D eigenvalue weighted by Crippen LogP contribution is 2.42. The fourth-order valence-corrected chi connectivity index (χ4v) is 5.00. The lowest BCUT2D eigenvalue weighted by Crippen LogP contribution is -2.39. The lowest BCUT2D eigenvalue weighted by molar-refractivity contribution is -0.168. The van der Waals surface area contributed by atoms with Crippen molar-refractivity contribution in [3.8, 4) is 0 Å². The van der Waals surface area contributed by atoms with Gasteiger partial charge in [0.05, 0.1) is 31.9 Å². The van der Waals surface area contributed by atoms with Crippen molar-refractivity contribution < 1.29 is 38.0 Å². The Hall–Kier alpha value is -3.57. The number of para-hydroxylation sites is 1. The summed E-state index contributed by atoms with van der Waals surface area (Å²) >= 11 is 0. The average molecular weight is 569 g/mol. The van der Waals surface area contributed by atoms with Crippen molar-refractivity contribution in [3.63, 3.8) is 0 Å². The van der Waals surface area contributed by atoms with Crippen LogP contribution in [0.1, 0.15) is 42.1 Å². The Balaban J connectivity index is 1.63. The first-order chi connectivity index (χ1) is 19.9. The third-order valence-corrected chi connectivity index (χ3v) is 6.95. The van der Waals surface area contributed by atoms with E-state index in [1.807, 2.05) is 37.4 Å². The molecule has 0 fully saturated rings. The average Bonchev–Trinajstić information content (AvgIpc) is 3.37. The number of fused-ring (bicyclic) bond motifs is 1. The van der Waals surface area contributed by atoms with Crippen LogP contribution < -0.4 is 5.32 Å². The standard InChI is InChI=1S/C31H37FN2O7/c1-3-40-31-25(12-14-38-16-17-39-15-13-35)26(27-20-34(21(2)36)28-7-5-4-6-24(27)28)18-29(41-31)30(37)33-19-22-8-10-23(32)11-9-22/h4-11,18,20,25-26,31,35H,3,12-17,19H2,1-2H3,(H,33,37). The van der Waals surface area contributed by atoms with E-state index >= 15 is 0 Å². The largest absolute Gasteiger partial charge is 0.459 e. The van der Waals surface area contributed by atoms with Gasteiger partial charge in [0.25, 0.3) is 5.91 Å². The van der Waals surface area contributed by atoms with E-state index in [4.69, 9.17) is 24.1 Å². The minimum absolute atomic E-state index is 0.0445. The van der Waals surface area contributed by atoms with Gasteiger partial charge in [0, 0.05) is 50.1 Å². The molecule has 0 saturated heterocycles. The first-order valence-electron chi connectivity index (χ1n) is 13.8. The van der Waals surface area contributed by atoms with Gasteiger partial charge in [-0.1, -0.05) is 30.3 Å². The monoisotopic (exact) mass is 568 g/mol. The Morgan fingerprint density at radius 2 is 1.78 bits per heavy atom. The highest BCUT2D eigenvalue weighted by molar-refractivity contribution is 5.95. The zero-order valence-corrected chi connectivity index (χ0v) is 23.4. The number of carbonyl (C=O) groups excluding carboxylic acids is 2. The SMILES string of the molecule is CCOC1OC(C(=O)NCc2ccc(F)cc2)=CC(c2cn(C(C)=O)c3ccccc23)C1CCOCCOCCO. The van der Waals surface area contributed by atoms with Gasteiger partial charge < -0.3 is 29.4 Å². The number of nitrogens with zero attached hydrogens (tertiary/aromatic N) is 1. The van der Waals surface area contributed by atoms with Crippen LogP contribution >= 0.6 is 0 Å². The molecule has 3 unspecified atom stereocenters. The summed E-state index contributed by atoms with van der Waals surface area (Å²) in [6, 6.07) is 13.6. The zero-order valence-electron chi connectivity index (χ0n) is 23.4. The number of carbonyl (C=O) groups is 2. The molecule has 3 aromatic rings. The van der Waals surface area contributed by atoms with Gasteiger partial charge in [-0.25, -0.2) is 4.39 Å². The second kappa shape index (κ2) is 14.9. The van der Waals surface area contributed by atoms with Crippen LogP contribution in [0.15, 0.2) is 66.6 Å². The van der Waals surface area contributed by atoms with Crippen LogP contribution in [0, 0.1) is 11.7 Å². The highest BCUT2D eigenvalue weighted by Gasteiger charge is 2.39. The van der Waals surface area contributed by atoms with Crippen molar-refractivity contribution in [2.24, 2.45) is 5.92 Å². The number of aromatic nitrogens is 1. The summed E-state index contributed by atoms with van der Waals surface area (Å²) in [5, 5.41) is 12.6. The number of aliphatic hydroxyl groups is 1. The van der Waals surface area contributed by atoms with Gasteiger partial charge in [-0.05, 0) is 48.7 Å². The summed E-state index contributed by atoms with van der Waals surface area (Å²) < 4.78 is 38.1. The Kier molecular flexibility index (Phi) is 11.0. The second-order valence-electron chi connectivity index (χ2n) is 9.70. The van der Waals surface area contributed by atoms with Crippen LogP contribution in [0.4, 0.5) is 4.39 Å². The molecule has 0 aliphatic carbocycles. The Bertz CT molecular complexity index is 1340. The van der Waals surface area contributed by atoms with Gasteiger partial charge in [-0.15, -0.1) is 0 Å². The number of benzene rings is 2. The predicted molar refractivity (Wildman–Crippen MR) is 151 cm³/mol. The van der Waals surface area contributed by atoms with E-state index in [0.717, 1.165) is 22.0 Å². The molecule has 1 amide bonds. The number of hydrogen-bond acceptors (Lipinski definition) is 7. The van der Waals surface area contributed by atoms with Crippen LogP contribution in [0.2, 0.25) is 0 Å². The Labute approximate surface area is 238 Å². The van der Waals surface area contributed by atoms with Crippen LogP contribution in [0.3, 0.4) is 0 Å². The molecule has 3 atom stereocenters. The van der Waals surface area contributed by atoms with E-state index < -0.39 is 12.2 Å². The predicted octanol–water partition coefficient (Wildman–Crippen LogP) is 4.15. The molecule has 0 radical (unpaired) electrons. The van der Waals surface area contributed by atoms with E-state index in [-0.39, 0.29) is 49.1 Å². The summed E-state index contributed by atoms with van der Waals surface area (Å²) in [4.78, 5) is 25.8. The third kappa shape index (κ3) is 7.80. The molecule has 1 aliphatic heterocycles. The molecule has 2 N–H and O–H groups in total. The van der Waals surface area contributed by atoms with Crippen LogP contribution in [-0.4, -0.2) is 67.4 Å². The summed E-state index contributed by atoms with van der Waals surface area (Å²) in [5.74, 6) is -1.33. The van der Waals surface area contributed by atoms with E-state index in [2.05, 4.69) is 5.32 Å². The number of nitrogens with one attached hydrogen (secondary N) is 1. The van der Waals surface area contributed by atoms with Gasteiger partial charge in [0.1, 0.15) is 5.82 Å². The molecule has 0 saturated carbocycles. The van der Waals surface area contributed by atoms with Crippen molar-refractivity contribution in [1.82, 2.24) is 9.88 Å². The number of aliphatic hydroxyl groups excluding tert-OH is 1. The third-order valence-electron chi connectivity index (χ3n) is 6.95. The quantitative estimate of drug-likeness (QED) is 0.281. The van der Waals surface area contributed by atoms with E-state index in [1.54, 1.807) is 22.8 Å². The van der Waals surface area contributed by atoms with Crippen molar-refractivity contribution in [2.75, 3.05) is 39.6 Å². The summed E-state index contributed by atoms with van der Waals surface area (Å²) in [6.07, 6.45) is 3.43. The van der Waals surface area contributed by atoms with Gasteiger partial charge in [0.15, 0.2) is 5.76 Å². The molecular weight excluding hydrogens is 531 g/mol. The number of ether oxygens (including phenoxy) is 4. The molecule has 0 bridgehead atoms. The molecule has 0 spiro atoms. The number of allylic oxidation sites excluding steroid dienone is 1. The minimum Gasteiger partial charge on any atom is -0.459 e. The minimum atomic E-state index is -0.741. The molecule has 1 aliphatic rings. The summed E-state index contributed by atoms with van der Waals surface area (Å²) in [6.45, 7) is 5.27. The maximum atomic E-state index is 13.3. The lowest BCUT2D eigenvalue weighted by atomic mass is 9.81. The van der Waals surface area contributed by atoms with E-state index in [9.17, 15) is 14.0 Å². The first-order valence-corrected chi connectivity index (χ1v) is 13.8. The molecular formula is C31H37FN2O7. The van der Waals surface area contributed by atoms with E-state index in [0.29, 0.717) is 32.8 Å². The number of halogens is 1. The lowest BCUT2D eigenvalue weighted by Gasteiger charge is -2.36. The second-order valence-corrected chi connectivity index (χ2v) is 9.70. The van der Waals surface area contributed by atoms with Gasteiger partial charge in [-0.3, -0.25) is 14.2 Å². The molecule has 10 heteroatoms. The summed E-state index contributed by atoms with van der Waals surface area (Å²) in [7, 11) is 0. The molecule has 220 valence electrons. The molecule has 2 aromatic carbocycles. The Morgan fingerprint density at radius 3 is 2.49 bits per heavy atom. The maximum Gasteiger partial charge on any atom is 0.286 e. The molecule has 9 nitrogen and oxygen atoms in total. The summed E-state index contributed by atoms with van der Waals surface area (Å²) in [5.41, 5.74) is 2.40. The Morgan fingerprint density at radius 1 is 1.05 bits per heavy atom.